The summed E-state index contributed by atoms with van der Waals surface area (Å²) in [7, 11) is 1.96. The summed E-state index contributed by atoms with van der Waals surface area (Å²) in [4.78, 5) is 21.2. The van der Waals surface area contributed by atoms with E-state index in [1.807, 2.05) is 24.1 Å². The van der Waals surface area contributed by atoms with E-state index >= 15 is 0 Å². The van der Waals surface area contributed by atoms with Crippen LogP contribution in [0.4, 0.5) is 5.82 Å². The van der Waals surface area contributed by atoms with Crippen LogP contribution >= 0.6 is 0 Å². The molecule has 0 aliphatic carbocycles. The van der Waals surface area contributed by atoms with E-state index in [1.54, 1.807) is 6.20 Å². The van der Waals surface area contributed by atoms with Crippen molar-refractivity contribution < 1.29 is 4.79 Å². The van der Waals surface area contributed by atoms with Gasteiger partial charge >= 0.3 is 0 Å². The van der Waals surface area contributed by atoms with Gasteiger partial charge in [0.25, 0.3) is 5.91 Å². The summed E-state index contributed by atoms with van der Waals surface area (Å²) in [6.45, 7) is 4.86. The predicted molar refractivity (Wildman–Crippen MR) is 83.6 cm³/mol. The first-order chi connectivity index (χ1) is 10.3. The molecule has 1 aromatic rings. The summed E-state index contributed by atoms with van der Waals surface area (Å²) in [5.41, 5.74) is 0.711. The first-order valence-electron chi connectivity index (χ1n) is 7.93. The molecule has 3 rings (SSSR count). The van der Waals surface area contributed by atoms with Crippen molar-refractivity contribution in [3.05, 3.63) is 23.9 Å². The number of carbonyl (C=O) groups is 1. The fourth-order valence-corrected chi connectivity index (χ4v) is 3.30. The van der Waals surface area contributed by atoms with Crippen LogP contribution in [-0.4, -0.2) is 55.6 Å². The number of rotatable bonds is 4. The largest absolute Gasteiger partial charge is 0.357 e. The Morgan fingerprint density at radius 3 is 2.81 bits per heavy atom. The van der Waals surface area contributed by atoms with Crippen LogP contribution in [-0.2, 0) is 0 Å². The minimum atomic E-state index is 0.120. The van der Waals surface area contributed by atoms with Gasteiger partial charge in [0.15, 0.2) is 0 Å². The number of hydrogen-bond acceptors (Lipinski definition) is 4. The van der Waals surface area contributed by atoms with Gasteiger partial charge in [0.1, 0.15) is 5.82 Å². The molecule has 114 valence electrons. The molecular formula is C16H24N4O. The third-order valence-corrected chi connectivity index (χ3v) is 4.49. The van der Waals surface area contributed by atoms with E-state index in [-0.39, 0.29) is 5.91 Å². The molecule has 0 radical (unpaired) electrons. The maximum Gasteiger partial charge on any atom is 0.255 e. The zero-order chi connectivity index (χ0) is 14.7. The van der Waals surface area contributed by atoms with Gasteiger partial charge in [-0.25, -0.2) is 4.98 Å². The second-order valence-corrected chi connectivity index (χ2v) is 6.06. The number of carbonyl (C=O) groups excluding carboxylic acids is 1. The highest BCUT2D eigenvalue weighted by Crippen LogP contribution is 2.20. The average Bonchev–Trinajstić information content (AvgIpc) is 3.19. The highest BCUT2D eigenvalue weighted by Gasteiger charge is 2.26. The number of anilines is 1. The number of amides is 1. The summed E-state index contributed by atoms with van der Waals surface area (Å²) in [5.74, 6) is 1.70. The molecule has 3 heterocycles. The summed E-state index contributed by atoms with van der Waals surface area (Å²) in [6.07, 6.45) is 5.30. The van der Waals surface area contributed by atoms with Crippen molar-refractivity contribution in [1.29, 1.82) is 0 Å². The molecule has 1 N–H and O–H groups in total. The quantitative estimate of drug-likeness (QED) is 0.909. The molecule has 0 spiro atoms. The van der Waals surface area contributed by atoms with E-state index < -0.39 is 0 Å². The van der Waals surface area contributed by atoms with Crippen molar-refractivity contribution in [2.75, 3.05) is 44.7 Å². The topological polar surface area (TPSA) is 48.5 Å². The summed E-state index contributed by atoms with van der Waals surface area (Å²) in [6, 6.07) is 3.91. The van der Waals surface area contributed by atoms with E-state index in [1.165, 1.54) is 12.8 Å². The zero-order valence-corrected chi connectivity index (χ0v) is 12.7. The Labute approximate surface area is 126 Å². The van der Waals surface area contributed by atoms with Crippen LogP contribution in [0, 0.1) is 5.92 Å². The molecule has 2 saturated heterocycles. The number of hydrogen-bond donors (Lipinski definition) is 1. The Morgan fingerprint density at radius 2 is 2.14 bits per heavy atom. The monoisotopic (exact) mass is 288 g/mol. The van der Waals surface area contributed by atoms with E-state index in [2.05, 4.69) is 15.2 Å². The average molecular weight is 288 g/mol. The minimum Gasteiger partial charge on any atom is -0.357 e. The molecule has 0 aromatic carbocycles. The van der Waals surface area contributed by atoms with Crippen LogP contribution in [0.3, 0.4) is 0 Å². The van der Waals surface area contributed by atoms with Crippen molar-refractivity contribution in [1.82, 2.24) is 15.2 Å². The summed E-state index contributed by atoms with van der Waals surface area (Å²) >= 11 is 0. The van der Waals surface area contributed by atoms with Gasteiger partial charge in [-0.15, -0.1) is 0 Å². The second kappa shape index (κ2) is 6.43. The lowest BCUT2D eigenvalue weighted by molar-refractivity contribution is 0.0787. The standard InChI is InChI=1S/C16H24N4O/c1-17-10-13-6-9-20(12-13)16(21)14-4-5-15(18-11-14)19-7-2-3-8-19/h4-5,11,13,17H,2-3,6-10,12H2,1H3. The number of likely N-dealkylation sites (tertiary alicyclic amines) is 1. The van der Waals surface area contributed by atoms with Crippen molar-refractivity contribution in [2.45, 2.75) is 19.3 Å². The number of nitrogens with one attached hydrogen (secondary N) is 1. The van der Waals surface area contributed by atoms with Gasteiger partial charge in [-0.1, -0.05) is 0 Å². The molecule has 1 aromatic heterocycles. The molecular weight excluding hydrogens is 264 g/mol. The zero-order valence-electron chi connectivity index (χ0n) is 12.7. The predicted octanol–water partition coefficient (Wildman–Crippen LogP) is 1.36. The van der Waals surface area contributed by atoms with Gasteiger partial charge < -0.3 is 15.1 Å². The third-order valence-electron chi connectivity index (χ3n) is 4.49. The highest BCUT2D eigenvalue weighted by atomic mass is 16.2. The lowest BCUT2D eigenvalue weighted by Crippen LogP contribution is -2.30. The van der Waals surface area contributed by atoms with Gasteiger partial charge in [0.2, 0.25) is 0 Å². The molecule has 1 atom stereocenters. The maximum atomic E-state index is 12.5. The smallest absolute Gasteiger partial charge is 0.255 e. The fourth-order valence-electron chi connectivity index (χ4n) is 3.30. The van der Waals surface area contributed by atoms with Crippen LogP contribution in [0.2, 0.25) is 0 Å². The SMILES string of the molecule is CNCC1CCN(C(=O)c2ccc(N3CCCC3)nc2)C1. The van der Waals surface area contributed by atoms with Crippen LogP contribution in [0.5, 0.6) is 0 Å². The Balaban J connectivity index is 1.62. The van der Waals surface area contributed by atoms with Gasteiger partial charge in [0, 0.05) is 32.4 Å². The van der Waals surface area contributed by atoms with Crippen LogP contribution < -0.4 is 10.2 Å². The Kier molecular flexibility index (Phi) is 4.39. The Bertz CT molecular complexity index is 482. The number of pyridine rings is 1. The van der Waals surface area contributed by atoms with Crippen molar-refractivity contribution in [3.8, 4) is 0 Å². The van der Waals surface area contributed by atoms with E-state index in [0.29, 0.717) is 11.5 Å². The third kappa shape index (κ3) is 3.18. The van der Waals surface area contributed by atoms with Gasteiger partial charge in [-0.3, -0.25) is 4.79 Å². The van der Waals surface area contributed by atoms with Crippen molar-refractivity contribution in [3.63, 3.8) is 0 Å². The normalized spacial score (nSPS) is 22.0. The van der Waals surface area contributed by atoms with Crippen molar-refractivity contribution in [2.24, 2.45) is 5.92 Å². The lowest BCUT2D eigenvalue weighted by Gasteiger charge is -2.18. The Morgan fingerprint density at radius 1 is 1.33 bits per heavy atom. The highest BCUT2D eigenvalue weighted by molar-refractivity contribution is 5.94. The number of nitrogens with zero attached hydrogens (tertiary/aromatic N) is 3. The van der Waals surface area contributed by atoms with E-state index in [4.69, 9.17) is 0 Å². The Hall–Kier alpha value is -1.62. The molecule has 0 bridgehead atoms. The molecule has 2 fully saturated rings. The summed E-state index contributed by atoms with van der Waals surface area (Å²) < 4.78 is 0. The fraction of sp³-hybridized carbons (Fsp3) is 0.625. The maximum absolute atomic E-state index is 12.5. The molecule has 2 aliphatic heterocycles. The minimum absolute atomic E-state index is 0.120. The molecule has 5 nitrogen and oxygen atoms in total. The first kappa shape index (κ1) is 14.3. The van der Waals surface area contributed by atoms with Crippen LogP contribution in [0.1, 0.15) is 29.6 Å². The molecule has 1 amide bonds. The molecule has 21 heavy (non-hydrogen) atoms. The van der Waals surface area contributed by atoms with Gasteiger partial charge in [0.05, 0.1) is 5.56 Å². The van der Waals surface area contributed by atoms with Crippen molar-refractivity contribution >= 4 is 11.7 Å². The first-order valence-corrected chi connectivity index (χ1v) is 7.93. The van der Waals surface area contributed by atoms with E-state index in [0.717, 1.165) is 45.0 Å². The second-order valence-electron chi connectivity index (χ2n) is 6.06. The van der Waals surface area contributed by atoms with Gasteiger partial charge in [-0.2, -0.15) is 0 Å². The number of aromatic nitrogens is 1. The van der Waals surface area contributed by atoms with E-state index in [9.17, 15) is 4.79 Å². The lowest BCUT2D eigenvalue weighted by atomic mass is 10.1. The molecule has 0 saturated carbocycles. The van der Waals surface area contributed by atoms with Gasteiger partial charge in [-0.05, 0) is 50.9 Å². The molecule has 1 unspecified atom stereocenters. The summed E-state index contributed by atoms with van der Waals surface area (Å²) in [5, 5.41) is 3.19. The molecule has 5 heteroatoms. The van der Waals surface area contributed by atoms with Crippen LogP contribution in [0.25, 0.3) is 0 Å². The van der Waals surface area contributed by atoms with Crippen LogP contribution in [0.15, 0.2) is 18.3 Å². The molecule has 2 aliphatic rings.